The Morgan fingerprint density at radius 3 is 2.68 bits per heavy atom. The van der Waals surface area contributed by atoms with Crippen molar-refractivity contribution in [1.29, 1.82) is 0 Å². The Bertz CT molecular complexity index is 604. The average molecular weight is 354 g/mol. The van der Waals surface area contributed by atoms with Crippen molar-refractivity contribution in [3.05, 3.63) is 39.9 Å². The van der Waals surface area contributed by atoms with Crippen molar-refractivity contribution in [3.8, 4) is 5.75 Å². The summed E-state index contributed by atoms with van der Waals surface area (Å²) in [5, 5.41) is 20.7. The third-order valence-electron chi connectivity index (χ3n) is 3.25. The van der Waals surface area contributed by atoms with Crippen molar-refractivity contribution >= 4 is 12.1 Å². The molecule has 9 nitrogen and oxygen atoms in total. The van der Waals surface area contributed by atoms with Crippen LogP contribution in [0, 0.1) is 22.0 Å². The first-order chi connectivity index (χ1) is 11.8. The third kappa shape index (κ3) is 9.14. The maximum absolute atomic E-state index is 11.8. The fourth-order valence-electron chi connectivity index (χ4n) is 2.35. The largest absolute Gasteiger partial charge is 0.481 e. The molecule has 0 saturated heterocycles. The van der Waals surface area contributed by atoms with E-state index in [1.165, 1.54) is 12.1 Å². The van der Waals surface area contributed by atoms with Gasteiger partial charge >= 0.3 is 12.1 Å². The number of aliphatic carboxylic acids is 1. The molecule has 0 aromatic heterocycles. The topological polar surface area (TPSA) is 128 Å². The molecule has 0 fully saturated rings. The lowest BCUT2D eigenvalue weighted by molar-refractivity contribution is -0.763. The number of carbonyl (C=O) groups is 2. The van der Waals surface area contributed by atoms with Crippen LogP contribution in [-0.2, 0) is 16.2 Å². The number of amides is 1. The predicted octanol–water partition coefficient (Wildman–Crippen LogP) is 2.62. The van der Waals surface area contributed by atoms with E-state index in [-0.39, 0.29) is 31.2 Å². The van der Waals surface area contributed by atoms with E-state index in [1.54, 1.807) is 12.1 Å². The van der Waals surface area contributed by atoms with Crippen LogP contribution >= 0.6 is 0 Å². The molecule has 0 saturated carbocycles. The number of carbonyl (C=O) groups excluding carboxylic acids is 1. The number of ether oxygens (including phenoxy) is 1. The van der Waals surface area contributed by atoms with Crippen LogP contribution < -0.4 is 10.1 Å². The van der Waals surface area contributed by atoms with Gasteiger partial charge in [-0.25, -0.2) is 4.79 Å². The number of benzene rings is 1. The zero-order valence-corrected chi connectivity index (χ0v) is 14.1. The Morgan fingerprint density at radius 2 is 2.08 bits per heavy atom. The fraction of sp³-hybridized carbons (Fsp3) is 0.500. The monoisotopic (exact) mass is 354 g/mol. The summed E-state index contributed by atoms with van der Waals surface area (Å²) in [6, 6.07) is 6.15. The van der Waals surface area contributed by atoms with Crippen molar-refractivity contribution in [1.82, 2.24) is 5.32 Å². The molecule has 1 amide bonds. The van der Waals surface area contributed by atoms with Crippen molar-refractivity contribution < 1.29 is 29.4 Å². The molecule has 1 rings (SSSR count). The lowest BCUT2D eigenvalue weighted by atomic mass is 9.94. The lowest BCUT2D eigenvalue weighted by Gasteiger charge is -2.17. The first kappa shape index (κ1) is 20.2. The fourth-order valence-corrected chi connectivity index (χ4v) is 2.35. The van der Waals surface area contributed by atoms with Gasteiger partial charge in [0.15, 0.2) is 0 Å². The third-order valence-corrected chi connectivity index (χ3v) is 3.25. The Labute approximate surface area is 145 Å². The highest BCUT2D eigenvalue weighted by atomic mass is 16.9. The van der Waals surface area contributed by atoms with Crippen LogP contribution in [0.4, 0.5) is 4.79 Å². The molecule has 25 heavy (non-hydrogen) atoms. The second-order valence-corrected chi connectivity index (χ2v) is 6.01. The molecule has 0 radical (unpaired) electrons. The number of carboxylic acids is 1. The van der Waals surface area contributed by atoms with Gasteiger partial charge in [-0.15, -0.1) is 10.1 Å². The van der Waals surface area contributed by atoms with Crippen LogP contribution in [0.3, 0.4) is 0 Å². The Hall–Kier alpha value is -2.84. The maximum atomic E-state index is 11.8. The van der Waals surface area contributed by atoms with Gasteiger partial charge in [0, 0.05) is 13.0 Å². The first-order valence-corrected chi connectivity index (χ1v) is 7.80. The average Bonchev–Trinajstić information content (AvgIpc) is 2.50. The molecule has 0 aliphatic heterocycles. The maximum Gasteiger partial charge on any atom is 0.412 e. The summed E-state index contributed by atoms with van der Waals surface area (Å²) in [6.07, 6.45) is -0.0848. The number of hydrogen-bond acceptors (Lipinski definition) is 6. The van der Waals surface area contributed by atoms with Crippen LogP contribution in [-0.4, -0.2) is 28.8 Å². The number of nitrogens with zero attached hydrogens (tertiary/aromatic N) is 1. The van der Waals surface area contributed by atoms with E-state index in [0.717, 1.165) is 0 Å². The number of hydrogen-bond donors (Lipinski definition) is 2. The van der Waals surface area contributed by atoms with Crippen LogP contribution in [0.1, 0.15) is 32.3 Å². The molecule has 0 unspecified atom stereocenters. The minimum Gasteiger partial charge on any atom is -0.481 e. The zero-order valence-electron chi connectivity index (χ0n) is 14.1. The highest BCUT2D eigenvalue weighted by molar-refractivity contribution is 5.70. The molecule has 1 atom stereocenters. The quantitative estimate of drug-likeness (QED) is 0.488. The summed E-state index contributed by atoms with van der Waals surface area (Å²) in [5.74, 6) is -0.592. The van der Waals surface area contributed by atoms with Gasteiger partial charge in [-0.2, -0.15) is 0 Å². The van der Waals surface area contributed by atoms with Crippen molar-refractivity contribution in [2.45, 2.75) is 33.3 Å². The molecular formula is C16H22N2O7. The summed E-state index contributed by atoms with van der Waals surface area (Å²) in [5.41, 5.74) is 0.477. The summed E-state index contributed by atoms with van der Waals surface area (Å²) in [6.45, 7) is 3.89. The van der Waals surface area contributed by atoms with Gasteiger partial charge in [-0.3, -0.25) is 4.79 Å². The van der Waals surface area contributed by atoms with Crippen molar-refractivity contribution in [2.75, 3.05) is 6.54 Å². The van der Waals surface area contributed by atoms with E-state index in [1.807, 2.05) is 13.8 Å². The Kier molecular flexibility index (Phi) is 8.17. The minimum absolute atomic E-state index is 0.0355. The van der Waals surface area contributed by atoms with E-state index in [0.29, 0.717) is 17.9 Å². The lowest BCUT2D eigenvalue weighted by Crippen LogP contribution is -2.33. The van der Waals surface area contributed by atoms with Gasteiger partial charge in [0.1, 0.15) is 12.4 Å². The van der Waals surface area contributed by atoms with Gasteiger partial charge in [-0.1, -0.05) is 26.0 Å². The van der Waals surface area contributed by atoms with E-state index < -0.39 is 17.1 Å². The second kappa shape index (κ2) is 10.1. The van der Waals surface area contributed by atoms with Gasteiger partial charge < -0.3 is 20.0 Å². The number of carboxylic acid groups (broad SMARTS) is 1. The standard InChI is InChI=1S/C16H22N2O7/c1-11(2)6-13(8-15(19)20)9-17-16(21)25-14-5-3-4-12(7-14)10-24-18(22)23/h3-5,7,11,13H,6,8-10H2,1-2H3,(H,17,21)(H,19,20)/t13-/m0/s1. The van der Waals surface area contributed by atoms with Gasteiger partial charge in [0.2, 0.25) is 0 Å². The minimum atomic E-state index is -0.917. The summed E-state index contributed by atoms with van der Waals surface area (Å²) >= 11 is 0. The molecule has 1 aromatic rings. The van der Waals surface area contributed by atoms with Gasteiger partial charge in [0.05, 0.1) is 0 Å². The zero-order chi connectivity index (χ0) is 18.8. The van der Waals surface area contributed by atoms with Crippen LogP contribution in [0.5, 0.6) is 5.75 Å². The Balaban J connectivity index is 2.53. The molecule has 0 heterocycles. The molecule has 9 heteroatoms. The van der Waals surface area contributed by atoms with E-state index in [2.05, 4.69) is 10.2 Å². The normalized spacial score (nSPS) is 11.6. The van der Waals surface area contributed by atoms with Gasteiger partial charge in [0.25, 0.3) is 5.09 Å². The number of nitrogens with one attached hydrogen (secondary N) is 1. The van der Waals surface area contributed by atoms with Crippen molar-refractivity contribution in [2.24, 2.45) is 11.8 Å². The summed E-state index contributed by atoms with van der Waals surface area (Å²) < 4.78 is 5.10. The van der Waals surface area contributed by atoms with Crippen LogP contribution in [0.25, 0.3) is 0 Å². The number of rotatable bonds is 10. The second-order valence-electron chi connectivity index (χ2n) is 6.01. The highest BCUT2D eigenvalue weighted by Gasteiger charge is 2.16. The van der Waals surface area contributed by atoms with Gasteiger partial charge in [-0.05, 0) is 36.0 Å². The SMILES string of the molecule is CC(C)C[C@H](CNC(=O)Oc1cccc(CO[N+](=O)[O-])c1)CC(=O)O. The summed E-state index contributed by atoms with van der Waals surface area (Å²) in [7, 11) is 0. The predicted molar refractivity (Wildman–Crippen MR) is 87.4 cm³/mol. The van der Waals surface area contributed by atoms with E-state index in [4.69, 9.17) is 9.84 Å². The van der Waals surface area contributed by atoms with Crippen LogP contribution in [0.2, 0.25) is 0 Å². The summed E-state index contributed by atoms with van der Waals surface area (Å²) in [4.78, 5) is 37.2. The highest BCUT2D eigenvalue weighted by Crippen LogP contribution is 2.16. The smallest absolute Gasteiger partial charge is 0.412 e. The first-order valence-electron chi connectivity index (χ1n) is 7.80. The molecule has 0 aliphatic rings. The molecule has 0 spiro atoms. The van der Waals surface area contributed by atoms with Crippen molar-refractivity contribution in [3.63, 3.8) is 0 Å². The molecule has 0 aliphatic carbocycles. The molecular weight excluding hydrogens is 332 g/mol. The van der Waals surface area contributed by atoms with E-state index >= 15 is 0 Å². The Morgan fingerprint density at radius 1 is 1.36 bits per heavy atom. The molecule has 2 N–H and O–H groups in total. The van der Waals surface area contributed by atoms with Crippen LogP contribution in [0.15, 0.2) is 24.3 Å². The molecule has 1 aromatic carbocycles. The molecule has 0 bridgehead atoms. The van der Waals surface area contributed by atoms with E-state index in [9.17, 15) is 19.7 Å². The molecule has 138 valence electrons.